The first-order valence-electron chi connectivity index (χ1n) is 34.1. The van der Waals surface area contributed by atoms with Crippen molar-refractivity contribution < 1.29 is 93.0 Å². The number of phenolic OH excluding ortho intramolecular Hbond substituents is 1. The van der Waals surface area contributed by atoms with Crippen molar-refractivity contribution in [2.75, 3.05) is 44.4 Å². The van der Waals surface area contributed by atoms with Gasteiger partial charge in [-0.3, -0.25) is 52.7 Å². The summed E-state index contributed by atoms with van der Waals surface area (Å²) in [6, 6.07) is -3.33. The van der Waals surface area contributed by atoms with Gasteiger partial charge < -0.3 is 98.3 Å². The lowest BCUT2D eigenvalue weighted by Gasteiger charge is -2.33. The quantitative estimate of drug-likeness (QED) is 0.0803. The largest absolute Gasteiger partial charge is 0.550 e. The Kier molecular flexibility index (Phi) is 32.5. The lowest BCUT2D eigenvalue weighted by molar-refractivity contribution is -0.368. The van der Waals surface area contributed by atoms with Crippen LogP contribution in [0, 0.1) is 11.8 Å². The van der Waals surface area contributed by atoms with Crippen LogP contribution in [0.1, 0.15) is 141 Å². The summed E-state index contributed by atoms with van der Waals surface area (Å²) in [6.45, 7) is 7.69. The third-order valence-electron chi connectivity index (χ3n) is 17.2. The van der Waals surface area contributed by atoms with Crippen molar-refractivity contribution in [2.45, 2.75) is 202 Å². The number of rotatable bonds is 15. The average Bonchev–Trinajstić information content (AvgIpc) is 1.57. The third-order valence-corrected chi connectivity index (χ3v) is 19.4. The molecular formula is C67H96N13O18S2-. The van der Waals surface area contributed by atoms with Gasteiger partial charge >= 0.3 is 0 Å². The summed E-state index contributed by atoms with van der Waals surface area (Å²) in [5.41, 5.74) is 11.6. The summed E-state index contributed by atoms with van der Waals surface area (Å²) < 4.78 is 6.29. The maximum absolute atomic E-state index is 15.2. The Balaban J connectivity index is 1.42. The number of nitrogens with one attached hydrogen (secondary N) is 8. The van der Waals surface area contributed by atoms with E-state index >= 15 is 4.79 Å². The van der Waals surface area contributed by atoms with Crippen LogP contribution in [0.3, 0.4) is 0 Å². The second-order valence-electron chi connectivity index (χ2n) is 26.1. The molecule has 6 rings (SSSR count). The number of hydrogen-bond acceptors (Lipinski definition) is 21. The van der Waals surface area contributed by atoms with E-state index in [0.29, 0.717) is 67.7 Å². The number of aliphatic carboxylic acids is 2. The number of phenols is 1. The maximum Gasteiger partial charge on any atom is 0.266 e. The van der Waals surface area contributed by atoms with Gasteiger partial charge in [0.2, 0.25) is 59.1 Å². The molecule has 0 saturated carbocycles. The van der Waals surface area contributed by atoms with E-state index in [1.54, 1.807) is 33.8 Å². The fraction of sp³-hybridized carbons (Fsp3) is 0.612. The third kappa shape index (κ3) is 25.8. The number of benzene rings is 2. The summed E-state index contributed by atoms with van der Waals surface area (Å²) in [5, 5.41) is 59.2. The highest BCUT2D eigenvalue weighted by Crippen LogP contribution is 2.28. The molecule has 0 radical (unpaired) electrons. The molecule has 4 bridgehead atoms. The molecule has 2 fully saturated rings. The van der Waals surface area contributed by atoms with E-state index in [2.05, 4.69) is 53.4 Å². The van der Waals surface area contributed by atoms with Crippen molar-refractivity contribution in [1.82, 2.24) is 52.3 Å². The molecule has 2 saturated heterocycles. The molecule has 11 amide bonds. The summed E-state index contributed by atoms with van der Waals surface area (Å²) >= 11 is 2.44. The molecule has 100 heavy (non-hydrogen) atoms. The highest BCUT2D eigenvalue weighted by molar-refractivity contribution is 7.98. The van der Waals surface area contributed by atoms with Crippen molar-refractivity contribution >= 4 is 107 Å². The Morgan fingerprint density at radius 3 is 1.80 bits per heavy atom. The minimum Gasteiger partial charge on any atom is -0.550 e. The van der Waals surface area contributed by atoms with Gasteiger partial charge in [-0.15, -0.1) is 0 Å². The van der Waals surface area contributed by atoms with Crippen LogP contribution in [-0.4, -0.2) is 203 Å². The van der Waals surface area contributed by atoms with E-state index in [1.807, 2.05) is 12.1 Å². The Bertz CT molecular complexity index is 3230. The summed E-state index contributed by atoms with van der Waals surface area (Å²) in [4.78, 5) is 190. The van der Waals surface area contributed by atoms with Crippen LogP contribution in [0.25, 0.3) is 0 Å². The van der Waals surface area contributed by atoms with Gasteiger partial charge in [0.05, 0.1) is 13.2 Å². The standard InChI is InChI=1S/C67H97N13O18S2/c1-38(2)27-47-61(90)73-49(32-56(85)86)63(92)78-57(39(3)4)67(96)80-24-12-15-53(80)65(94)75-48(31-40-16-18-43(81)19-17-40)62(91)72-46(20-21-55(83)84)60(89)76-50(58(69)87)36-99-34-41-28-42-30-44(29-41)97-25-9-5-6-10-26-98-70-33-54(82)71-45(13-7-8-22-68)59(88)77-51(37-100-35-42)66(95)79-23-11-14-52(79)64(93)74-47/h16-19,28-30,33,38-39,45-53,57,81H,5-15,20-27,31-32,34-37,68H2,1-4H3,(H2,69,87)(H,71,82)(H,72,91)(H,73,90)(H,74,93)(H,75,94)(H,76,89)(H,77,88)(H,78,92)(H,83,84)(H,85,86)/p-1/b70-33+/t45-,46-,47-,48-,49-,50-,51-,52-,53-,57-/m0/s1. The highest BCUT2D eigenvalue weighted by Gasteiger charge is 2.43. The fourth-order valence-corrected chi connectivity index (χ4v) is 13.9. The first kappa shape index (κ1) is 80.3. The lowest BCUT2D eigenvalue weighted by atomic mass is 10.00. The number of thioether (sulfide) groups is 2. The number of fused-ring (bicyclic) bond motifs is 7. The second-order valence-corrected chi connectivity index (χ2v) is 28.2. The number of carboxylic acids is 2. The first-order valence-corrected chi connectivity index (χ1v) is 36.4. The van der Waals surface area contributed by atoms with Crippen LogP contribution in [0.15, 0.2) is 47.6 Å². The van der Waals surface area contributed by atoms with Gasteiger partial charge in [-0.1, -0.05) is 51.0 Å². The van der Waals surface area contributed by atoms with Crippen LogP contribution in [-0.2, 0) is 85.1 Å². The minimum absolute atomic E-state index is 0.0321. The van der Waals surface area contributed by atoms with Gasteiger partial charge in [0.1, 0.15) is 84.7 Å². The number of carbonyl (C=O) groups is 13. The maximum atomic E-state index is 15.2. The van der Waals surface area contributed by atoms with E-state index in [-0.39, 0.29) is 92.9 Å². The molecular weight excluding hydrogens is 1340 g/mol. The number of unbranched alkanes of at least 4 members (excludes halogenated alkanes) is 1. The van der Waals surface area contributed by atoms with Crippen molar-refractivity contribution in [3.05, 3.63) is 59.2 Å². The summed E-state index contributed by atoms with van der Waals surface area (Å²) in [6.07, 6.45) is 2.91. The summed E-state index contributed by atoms with van der Waals surface area (Å²) in [7, 11) is 0. The zero-order chi connectivity index (χ0) is 73.0. The van der Waals surface area contributed by atoms with Crippen molar-refractivity contribution in [1.29, 1.82) is 0 Å². The lowest BCUT2D eigenvalue weighted by Crippen LogP contribution is -2.61. The zero-order valence-corrected chi connectivity index (χ0v) is 58.7. The molecule has 2 aromatic rings. The minimum atomic E-state index is -1.91. The molecule has 0 spiro atoms. The number of hydrogen-bond donors (Lipinski definition) is 11. The van der Waals surface area contributed by atoms with E-state index in [9.17, 15) is 72.9 Å². The zero-order valence-electron chi connectivity index (χ0n) is 57.1. The number of amides is 11. The Labute approximate surface area is 589 Å². The van der Waals surface area contributed by atoms with Crippen LogP contribution < -0.4 is 69.0 Å². The number of primary amides is 1. The highest BCUT2D eigenvalue weighted by atomic mass is 32.2. The van der Waals surface area contributed by atoms with Gasteiger partial charge in [0.15, 0.2) is 0 Å². The molecule has 550 valence electrons. The monoisotopic (exact) mass is 1430 g/mol. The SMILES string of the molecule is CC(C)C[C@@H]1NC(=O)[C@@H]2CCCN2C(=O)[C@@H]2CSCc3cc(cc(c3)OCCCCCCO/N=C/C(=O)N[C@@H](CCCC[NH3+])C(=O)N2)CSC[C@@H](C(N)=O)NC(=O)[C@H](CCC(=O)[O-])NC(=O)[C@H](Cc2ccc(O)cc2)NC(=O)[C@@H]2CCCN2C(=O)[C@H](C(C)C)NC(=O)[C@H](CC(=O)[O-])NC1=O. The second kappa shape index (κ2) is 40.5. The smallest absolute Gasteiger partial charge is 0.266 e. The molecule has 33 heteroatoms. The van der Waals surface area contributed by atoms with E-state index < -0.39 is 163 Å². The molecule has 4 aliphatic rings. The van der Waals surface area contributed by atoms with E-state index in [1.165, 1.54) is 57.6 Å². The van der Waals surface area contributed by atoms with E-state index in [0.717, 1.165) is 19.1 Å². The Morgan fingerprint density at radius 2 is 1.19 bits per heavy atom. The number of ether oxygens (including phenoxy) is 1. The van der Waals surface area contributed by atoms with Crippen LogP contribution in [0.2, 0.25) is 0 Å². The number of nitrogens with zero attached hydrogens (tertiary/aromatic N) is 3. The van der Waals surface area contributed by atoms with Crippen molar-refractivity contribution in [2.24, 2.45) is 22.7 Å². The molecule has 4 aliphatic heterocycles. The number of quaternary nitrogens is 1. The number of carboxylic acid groups (broad SMARTS) is 2. The van der Waals surface area contributed by atoms with Gasteiger partial charge in [-0.25, -0.2) is 0 Å². The van der Waals surface area contributed by atoms with Gasteiger partial charge in [0, 0.05) is 60.9 Å². The average molecular weight is 1440 g/mol. The molecule has 0 unspecified atom stereocenters. The Morgan fingerprint density at radius 1 is 0.630 bits per heavy atom. The number of oxime groups is 1. The molecule has 0 aromatic heterocycles. The van der Waals surface area contributed by atoms with Crippen LogP contribution in [0.4, 0.5) is 0 Å². The Hall–Kier alpha value is -8.72. The molecule has 0 aliphatic carbocycles. The molecule has 14 N–H and O–H groups in total. The fourth-order valence-electron chi connectivity index (χ4n) is 12.0. The van der Waals surface area contributed by atoms with Crippen molar-refractivity contribution in [3.63, 3.8) is 0 Å². The van der Waals surface area contributed by atoms with Gasteiger partial charge in [0.25, 0.3) is 5.91 Å². The molecule has 2 aromatic carbocycles. The topological polar surface area (TPSA) is 475 Å². The van der Waals surface area contributed by atoms with Gasteiger partial charge in [-0.05, 0) is 143 Å². The summed E-state index contributed by atoms with van der Waals surface area (Å²) in [5.74, 6) is -13.5. The number of carbonyl (C=O) groups excluding carboxylic acids is 13. The molecule has 31 nitrogen and oxygen atoms in total. The molecule has 10 atom stereocenters. The van der Waals surface area contributed by atoms with Crippen molar-refractivity contribution in [3.8, 4) is 11.5 Å². The normalized spacial score (nSPS) is 25.8. The first-order chi connectivity index (χ1) is 47.7. The van der Waals surface area contributed by atoms with Crippen LogP contribution >= 0.6 is 23.5 Å². The predicted octanol–water partition coefficient (Wildman–Crippen LogP) is -2.80. The predicted molar refractivity (Wildman–Crippen MR) is 363 cm³/mol. The molecule has 4 heterocycles. The van der Waals surface area contributed by atoms with E-state index in [4.69, 9.17) is 15.3 Å². The van der Waals surface area contributed by atoms with Gasteiger partial charge in [-0.2, -0.15) is 23.5 Å². The van der Waals surface area contributed by atoms with Crippen LogP contribution in [0.5, 0.6) is 11.5 Å². The number of aromatic hydroxyl groups is 1. The number of nitrogens with two attached hydrogens (primary N) is 1.